The van der Waals surface area contributed by atoms with Crippen molar-refractivity contribution in [1.82, 2.24) is 0 Å². The minimum atomic E-state index is -0.563. The normalized spacial score (nSPS) is 57.2. The summed E-state index contributed by atoms with van der Waals surface area (Å²) in [5.74, 6) is 3.01. The minimum absolute atomic E-state index is 0.162. The third-order valence-corrected chi connectivity index (χ3v) is 13.5. The highest BCUT2D eigenvalue weighted by atomic mass is 16.3. The summed E-state index contributed by atoms with van der Waals surface area (Å²) >= 11 is 0. The summed E-state index contributed by atoms with van der Waals surface area (Å²) < 4.78 is 0. The zero-order valence-electron chi connectivity index (χ0n) is 22.4. The summed E-state index contributed by atoms with van der Waals surface area (Å²) in [6, 6.07) is 0. The van der Waals surface area contributed by atoms with Crippen LogP contribution < -0.4 is 0 Å². The predicted molar refractivity (Wildman–Crippen MR) is 132 cm³/mol. The van der Waals surface area contributed by atoms with E-state index < -0.39 is 5.60 Å². The van der Waals surface area contributed by atoms with E-state index in [4.69, 9.17) is 0 Å². The van der Waals surface area contributed by atoms with Gasteiger partial charge in [0.25, 0.3) is 0 Å². The average Bonchev–Trinajstić information content (AvgIpc) is 2.98. The van der Waals surface area contributed by atoms with Crippen molar-refractivity contribution >= 4 is 0 Å². The van der Waals surface area contributed by atoms with Crippen LogP contribution in [0.4, 0.5) is 0 Å². The van der Waals surface area contributed by atoms with Gasteiger partial charge in [-0.3, -0.25) is 0 Å². The molecular weight excluding hydrogens is 392 g/mol. The topological polar surface area (TPSA) is 40.5 Å². The number of hydrogen-bond donors (Lipinski definition) is 2. The van der Waals surface area contributed by atoms with Crippen molar-refractivity contribution in [2.75, 3.05) is 0 Å². The average molecular weight is 445 g/mol. The van der Waals surface area contributed by atoms with Crippen molar-refractivity contribution in [3.05, 3.63) is 0 Å². The van der Waals surface area contributed by atoms with Gasteiger partial charge in [-0.25, -0.2) is 0 Å². The largest absolute Gasteiger partial charge is 0.393 e. The molecule has 0 aliphatic heterocycles. The molecule has 32 heavy (non-hydrogen) atoms. The van der Waals surface area contributed by atoms with Crippen LogP contribution in [0.25, 0.3) is 0 Å². The molecule has 0 amide bonds. The van der Waals surface area contributed by atoms with Crippen molar-refractivity contribution in [3.8, 4) is 0 Å². The van der Waals surface area contributed by atoms with Gasteiger partial charge in [-0.2, -0.15) is 0 Å². The van der Waals surface area contributed by atoms with Gasteiger partial charge >= 0.3 is 0 Å². The summed E-state index contributed by atoms with van der Waals surface area (Å²) in [7, 11) is 0. The van der Waals surface area contributed by atoms with Crippen molar-refractivity contribution in [3.63, 3.8) is 0 Å². The molecule has 0 aromatic carbocycles. The molecule has 0 bridgehead atoms. The number of aliphatic hydroxyl groups excluding tert-OH is 1. The van der Waals surface area contributed by atoms with E-state index in [1.807, 2.05) is 0 Å². The maximum atomic E-state index is 11.8. The highest BCUT2D eigenvalue weighted by Crippen LogP contribution is 2.78. The fourth-order valence-corrected chi connectivity index (χ4v) is 12.3. The zero-order valence-corrected chi connectivity index (χ0v) is 22.4. The van der Waals surface area contributed by atoms with Crippen LogP contribution in [0.15, 0.2) is 0 Å². The Morgan fingerprint density at radius 2 is 1.34 bits per heavy atom. The highest BCUT2D eigenvalue weighted by Gasteiger charge is 2.72. The predicted octanol–water partition coefficient (Wildman–Crippen LogP) is 7.22. The molecule has 0 heterocycles. The fraction of sp³-hybridized carbons (Fsp3) is 1.00. The van der Waals surface area contributed by atoms with Crippen LogP contribution >= 0.6 is 0 Å². The summed E-state index contributed by atoms with van der Waals surface area (Å²) in [4.78, 5) is 0. The Labute approximate surface area is 198 Å². The van der Waals surface area contributed by atoms with Gasteiger partial charge < -0.3 is 10.2 Å². The van der Waals surface area contributed by atoms with E-state index >= 15 is 0 Å². The summed E-state index contributed by atoms with van der Waals surface area (Å²) in [5, 5.41) is 22.8. The summed E-state index contributed by atoms with van der Waals surface area (Å²) in [6.45, 7) is 19.4. The van der Waals surface area contributed by atoms with E-state index in [2.05, 4.69) is 55.4 Å². The molecular formula is C30H52O2. The second-order valence-electron chi connectivity index (χ2n) is 15.6. The zero-order chi connectivity index (χ0) is 23.5. The summed E-state index contributed by atoms with van der Waals surface area (Å²) in [6.07, 6.45) is 12.5. The van der Waals surface area contributed by atoms with Gasteiger partial charge in [-0.05, 0) is 128 Å². The molecule has 0 aromatic heterocycles. The van der Waals surface area contributed by atoms with Gasteiger partial charge in [0.15, 0.2) is 0 Å². The van der Waals surface area contributed by atoms with E-state index in [1.54, 1.807) is 0 Å². The van der Waals surface area contributed by atoms with Gasteiger partial charge in [-0.15, -0.1) is 0 Å². The van der Waals surface area contributed by atoms with Crippen LogP contribution in [-0.4, -0.2) is 21.9 Å². The Balaban J connectivity index is 1.54. The van der Waals surface area contributed by atoms with Crippen LogP contribution in [0.5, 0.6) is 0 Å². The maximum absolute atomic E-state index is 11.8. The summed E-state index contributed by atoms with van der Waals surface area (Å²) in [5.41, 5.74) is 0.819. The molecule has 5 aliphatic rings. The number of hydrogen-bond acceptors (Lipinski definition) is 2. The van der Waals surface area contributed by atoms with Crippen LogP contribution in [0.2, 0.25) is 0 Å². The molecule has 5 fully saturated rings. The quantitative estimate of drug-likeness (QED) is 0.448. The Kier molecular flexibility index (Phi) is 5.01. The number of fused-ring (bicyclic) bond motifs is 7. The molecule has 2 N–H and O–H groups in total. The lowest BCUT2D eigenvalue weighted by Gasteiger charge is -2.73. The Morgan fingerprint density at radius 3 is 1.97 bits per heavy atom. The van der Waals surface area contributed by atoms with Crippen LogP contribution in [0.1, 0.15) is 120 Å². The monoisotopic (exact) mass is 444 g/mol. The lowest BCUT2D eigenvalue weighted by atomic mass is 9.31. The van der Waals surface area contributed by atoms with Crippen molar-refractivity contribution < 1.29 is 10.2 Å². The first-order valence-corrected chi connectivity index (χ1v) is 14.0. The first kappa shape index (κ1) is 23.7. The third kappa shape index (κ3) is 2.78. The van der Waals surface area contributed by atoms with Gasteiger partial charge in [0, 0.05) is 0 Å². The van der Waals surface area contributed by atoms with E-state index in [1.165, 1.54) is 57.8 Å². The molecule has 3 unspecified atom stereocenters. The number of aliphatic hydroxyl groups is 2. The lowest BCUT2D eigenvalue weighted by molar-refractivity contribution is -0.268. The van der Waals surface area contributed by atoms with Crippen LogP contribution in [-0.2, 0) is 0 Å². The van der Waals surface area contributed by atoms with Gasteiger partial charge in [0.1, 0.15) is 0 Å². The molecule has 0 spiro atoms. The molecule has 10 atom stereocenters. The van der Waals surface area contributed by atoms with Crippen LogP contribution in [0, 0.1) is 56.7 Å². The molecule has 0 saturated heterocycles. The maximum Gasteiger partial charge on any atom is 0.0622 e. The Morgan fingerprint density at radius 1 is 0.719 bits per heavy atom. The van der Waals surface area contributed by atoms with Gasteiger partial charge in [-0.1, -0.05) is 48.0 Å². The first-order chi connectivity index (χ1) is 14.6. The van der Waals surface area contributed by atoms with Crippen LogP contribution in [0.3, 0.4) is 0 Å². The molecule has 2 heteroatoms. The molecule has 5 saturated carbocycles. The van der Waals surface area contributed by atoms with Crippen molar-refractivity contribution in [2.45, 2.75) is 131 Å². The van der Waals surface area contributed by atoms with Crippen molar-refractivity contribution in [1.29, 1.82) is 0 Å². The smallest absolute Gasteiger partial charge is 0.0622 e. The first-order valence-electron chi connectivity index (χ1n) is 14.0. The molecule has 0 radical (unpaired) electrons. The highest BCUT2D eigenvalue weighted by molar-refractivity contribution is 5.20. The standard InChI is InChI=1S/C30H52O2/c1-25(2)14-9-15-28(6)23-11-10-22-27(5)16-12-19(26(3,4)32)20(27)13-17-29(22,7)30(23,8)18-21(31)24(25)28/h19-24,31-32H,9-18H2,1-8H3/t19?,20?,21?,22-,23-,24+,27+,28-,29-,30-/m1/s1. The molecule has 5 rings (SSSR count). The Hall–Kier alpha value is -0.0800. The van der Waals surface area contributed by atoms with Gasteiger partial charge in [0.05, 0.1) is 11.7 Å². The molecule has 2 nitrogen and oxygen atoms in total. The number of rotatable bonds is 1. The fourth-order valence-electron chi connectivity index (χ4n) is 12.3. The molecule has 5 aliphatic carbocycles. The van der Waals surface area contributed by atoms with E-state index in [-0.39, 0.29) is 22.3 Å². The van der Waals surface area contributed by atoms with Crippen molar-refractivity contribution in [2.24, 2.45) is 56.7 Å². The van der Waals surface area contributed by atoms with Gasteiger partial charge in [0.2, 0.25) is 0 Å². The second kappa shape index (κ2) is 6.77. The van der Waals surface area contributed by atoms with E-state index in [0.717, 1.165) is 18.3 Å². The second-order valence-corrected chi connectivity index (χ2v) is 15.6. The lowest BCUT2D eigenvalue weighted by Crippen LogP contribution is -2.68. The van der Waals surface area contributed by atoms with E-state index in [0.29, 0.717) is 28.6 Å². The van der Waals surface area contributed by atoms with E-state index in [9.17, 15) is 10.2 Å². The minimum Gasteiger partial charge on any atom is -0.393 e. The third-order valence-electron chi connectivity index (χ3n) is 13.5. The SMILES string of the molecule is CC(C)(O)C1CC[C@@]2(C)C1CC[C@]1(C)[C@@H]2CC[C@@H]2[C@@]3(C)CCCC(C)(C)[C@@H]3C(O)C[C@]21C. The molecule has 184 valence electrons. The Bertz CT molecular complexity index is 765. The molecule has 0 aromatic rings.